The zero-order valence-electron chi connectivity index (χ0n) is 9.14. The number of carbonyl (C=O) groups is 2. The molecular weight excluding hydrogens is 192 g/mol. The minimum atomic E-state index is -0.296. The number of nitrogens with one attached hydrogen (secondary N) is 1. The highest BCUT2D eigenvalue weighted by Crippen LogP contribution is 2.56. The largest absolute Gasteiger partial charge is 0.369 e. The zero-order valence-corrected chi connectivity index (χ0v) is 9.14. The number of fused-ring (bicyclic) bond motifs is 3. The molecule has 0 aromatic heterocycles. The highest BCUT2D eigenvalue weighted by atomic mass is 16.2. The van der Waals surface area contributed by atoms with Gasteiger partial charge in [-0.1, -0.05) is 0 Å². The van der Waals surface area contributed by atoms with Crippen LogP contribution >= 0.6 is 0 Å². The van der Waals surface area contributed by atoms with E-state index in [0.29, 0.717) is 0 Å². The summed E-state index contributed by atoms with van der Waals surface area (Å²) >= 11 is 0. The molecule has 0 aromatic rings. The van der Waals surface area contributed by atoms with E-state index in [0.717, 1.165) is 38.5 Å². The van der Waals surface area contributed by atoms with Crippen molar-refractivity contribution in [3.8, 4) is 0 Å². The third kappa shape index (κ3) is 1.34. The second kappa shape index (κ2) is 3.22. The fourth-order valence-electron chi connectivity index (χ4n) is 3.16. The molecule has 3 N–H and O–H groups in total. The lowest BCUT2D eigenvalue weighted by Crippen LogP contribution is -2.53. The van der Waals surface area contributed by atoms with Gasteiger partial charge in [0.1, 0.15) is 0 Å². The summed E-state index contributed by atoms with van der Waals surface area (Å²) in [5.41, 5.74) is 4.95. The van der Waals surface area contributed by atoms with Gasteiger partial charge >= 0.3 is 0 Å². The summed E-state index contributed by atoms with van der Waals surface area (Å²) in [5, 5.41) is 2.74. The highest BCUT2D eigenvalue weighted by molar-refractivity contribution is 5.86. The summed E-state index contributed by atoms with van der Waals surface area (Å²) < 4.78 is 0. The maximum absolute atomic E-state index is 11.8. The number of rotatable bonds is 2. The molecule has 0 unspecified atom stereocenters. The van der Waals surface area contributed by atoms with Crippen molar-refractivity contribution < 1.29 is 9.59 Å². The van der Waals surface area contributed by atoms with Crippen LogP contribution in [0.5, 0.6) is 0 Å². The summed E-state index contributed by atoms with van der Waals surface area (Å²) in [6, 6.07) is 0. The summed E-state index contributed by atoms with van der Waals surface area (Å²) in [6.07, 6.45) is 4.81. The number of amides is 2. The Kier molecular flexibility index (Phi) is 2.24. The second-order valence-corrected chi connectivity index (χ2v) is 5.00. The lowest BCUT2D eigenvalue weighted by molar-refractivity contribution is -0.148. The Morgan fingerprint density at radius 2 is 1.40 bits per heavy atom. The number of nitrogens with two attached hydrogens (primary N) is 1. The van der Waals surface area contributed by atoms with Crippen molar-refractivity contribution in [1.82, 2.24) is 5.32 Å². The van der Waals surface area contributed by atoms with E-state index < -0.39 is 0 Å². The van der Waals surface area contributed by atoms with Crippen LogP contribution < -0.4 is 11.1 Å². The average Bonchev–Trinajstić information content (AvgIpc) is 2.30. The number of primary amides is 1. The van der Waals surface area contributed by atoms with Gasteiger partial charge in [0.15, 0.2) is 0 Å². The molecule has 0 aromatic carbocycles. The maximum Gasteiger partial charge on any atom is 0.225 e. The number of hydrogen-bond acceptors (Lipinski definition) is 2. The first-order valence-electron chi connectivity index (χ1n) is 5.57. The maximum atomic E-state index is 11.8. The predicted octanol–water partition coefficient (Wildman–Crippen LogP) is 0.558. The normalized spacial score (nSPS) is 38.7. The summed E-state index contributed by atoms with van der Waals surface area (Å²) in [7, 11) is 1.68. The number of carbonyl (C=O) groups excluding carboxylic acids is 2. The van der Waals surface area contributed by atoms with Crippen molar-refractivity contribution in [2.75, 3.05) is 7.05 Å². The average molecular weight is 210 g/mol. The molecule has 3 saturated carbocycles. The van der Waals surface area contributed by atoms with Crippen molar-refractivity contribution >= 4 is 11.8 Å². The molecule has 4 nitrogen and oxygen atoms in total. The van der Waals surface area contributed by atoms with Crippen molar-refractivity contribution in [2.45, 2.75) is 38.5 Å². The molecule has 84 valence electrons. The first-order chi connectivity index (χ1) is 7.05. The Balaban J connectivity index is 2.17. The molecule has 4 heteroatoms. The Hall–Kier alpha value is -1.06. The van der Waals surface area contributed by atoms with Crippen LogP contribution in [-0.4, -0.2) is 18.9 Å². The van der Waals surface area contributed by atoms with E-state index in [-0.39, 0.29) is 22.6 Å². The van der Waals surface area contributed by atoms with E-state index in [9.17, 15) is 9.59 Å². The van der Waals surface area contributed by atoms with Gasteiger partial charge in [-0.05, 0) is 38.5 Å². The SMILES string of the molecule is CNC(=O)C12CCC(C(N)=O)(CC1)CC2. The fourth-order valence-corrected chi connectivity index (χ4v) is 3.16. The van der Waals surface area contributed by atoms with Gasteiger partial charge in [-0.2, -0.15) is 0 Å². The molecule has 15 heavy (non-hydrogen) atoms. The molecule has 0 aliphatic heterocycles. The van der Waals surface area contributed by atoms with Gasteiger partial charge in [0.25, 0.3) is 0 Å². The Bertz CT molecular complexity index is 287. The molecular formula is C11H18N2O2. The van der Waals surface area contributed by atoms with E-state index in [4.69, 9.17) is 5.73 Å². The quantitative estimate of drug-likeness (QED) is 0.699. The molecule has 2 amide bonds. The smallest absolute Gasteiger partial charge is 0.225 e. The Morgan fingerprint density at radius 3 is 1.73 bits per heavy atom. The van der Waals surface area contributed by atoms with E-state index >= 15 is 0 Å². The van der Waals surface area contributed by atoms with Crippen molar-refractivity contribution in [3.05, 3.63) is 0 Å². The summed E-state index contributed by atoms with van der Waals surface area (Å²) in [5.74, 6) is -0.0343. The lowest BCUT2D eigenvalue weighted by atomic mass is 9.53. The van der Waals surface area contributed by atoms with Gasteiger partial charge < -0.3 is 11.1 Å². The standard InChI is InChI=1S/C11H18N2O2/c1-13-9(15)11-5-2-10(3-6-11,4-7-11)8(12)14/h2-7H2,1H3,(H2,12,14)(H,13,15). The van der Waals surface area contributed by atoms with Gasteiger partial charge in [0, 0.05) is 17.9 Å². The minimum Gasteiger partial charge on any atom is -0.369 e. The second-order valence-electron chi connectivity index (χ2n) is 5.00. The third-order valence-corrected chi connectivity index (χ3v) is 4.48. The van der Waals surface area contributed by atoms with Crippen molar-refractivity contribution in [3.63, 3.8) is 0 Å². The van der Waals surface area contributed by atoms with Crippen molar-refractivity contribution in [2.24, 2.45) is 16.6 Å². The molecule has 3 fully saturated rings. The fraction of sp³-hybridized carbons (Fsp3) is 0.818. The molecule has 0 heterocycles. The van der Waals surface area contributed by atoms with Crippen LogP contribution in [0.4, 0.5) is 0 Å². The molecule has 3 aliphatic rings. The molecule has 0 radical (unpaired) electrons. The molecule has 3 aliphatic carbocycles. The van der Waals surface area contributed by atoms with Gasteiger partial charge in [0.05, 0.1) is 0 Å². The Labute approximate surface area is 89.6 Å². The lowest BCUT2D eigenvalue weighted by Gasteiger charge is -2.50. The van der Waals surface area contributed by atoms with Gasteiger partial charge in [-0.3, -0.25) is 9.59 Å². The van der Waals surface area contributed by atoms with Crippen LogP contribution in [0.3, 0.4) is 0 Å². The van der Waals surface area contributed by atoms with E-state index in [1.807, 2.05) is 0 Å². The highest BCUT2D eigenvalue weighted by Gasteiger charge is 2.54. The summed E-state index contributed by atoms with van der Waals surface area (Å²) in [6.45, 7) is 0. The van der Waals surface area contributed by atoms with Crippen LogP contribution in [0.15, 0.2) is 0 Å². The monoisotopic (exact) mass is 210 g/mol. The first-order valence-corrected chi connectivity index (χ1v) is 5.57. The van der Waals surface area contributed by atoms with Gasteiger partial charge in [0.2, 0.25) is 11.8 Å². The Morgan fingerprint density at radius 1 is 1.00 bits per heavy atom. The van der Waals surface area contributed by atoms with Crippen LogP contribution in [0, 0.1) is 10.8 Å². The van der Waals surface area contributed by atoms with Crippen LogP contribution in [-0.2, 0) is 9.59 Å². The van der Waals surface area contributed by atoms with Gasteiger partial charge in [-0.25, -0.2) is 0 Å². The zero-order chi connectivity index (χ0) is 11.1. The first kappa shape index (κ1) is 10.5. The molecule has 0 atom stereocenters. The molecule has 0 spiro atoms. The molecule has 2 bridgehead atoms. The van der Waals surface area contributed by atoms with E-state index in [1.54, 1.807) is 7.05 Å². The van der Waals surface area contributed by atoms with E-state index in [2.05, 4.69) is 5.32 Å². The molecule has 0 saturated heterocycles. The molecule has 3 rings (SSSR count). The minimum absolute atomic E-state index is 0.139. The number of hydrogen-bond donors (Lipinski definition) is 2. The van der Waals surface area contributed by atoms with Crippen LogP contribution in [0.1, 0.15) is 38.5 Å². The van der Waals surface area contributed by atoms with Crippen LogP contribution in [0.25, 0.3) is 0 Å². The third-order valence-electron chi connectivity index (χ3n) is 4.48. The topological polar surface area (TPSA) is 72.2 Å². The van der Waals surface area contributed by atoms with Crippen LogP contribution in [0.2, 0.25) is 0 Å². The van der Waals surface area contributed by atoms with Gasteiger partial charge in [-0.15, -0.1) is 0 Å². The van der Waals surface area contributed by atoms with Crippen molar-refractivity contribution in [1.29, 1.82) is 0 Å². The van der Waals surface area contributed by atoms with E-state index in [1.165, 1.54) is 0 Å². The summed E-state index contributed by atoms with van der Waals surface area (Å²) in [4.78, 5) is 23.2. The predicted molar refractivity (Wildman–Crippen MR) is 55.8 cm³/mol.